The van der Waals surface area contributed by atoms with Crippen LogP contribution in [0.15, 0.2) is 27.6 Å². The Labute approximate surface area is 117 Å². The minimum Gasteiger partial charge on any atom is -0.399 e. The van der Waals surface area contributed by atoms with Gasteiger partial charge in [0.05, 0.1) is 4.90 Å². The Bertz CT molecular complexity index is 503. The summed E-state index contributed by atoms with van der Waals surface area (Å²) in [7, 11) is -1.83. The van der Waals surface area contributed by atoms with Gasteiger partial charge < -0.3 is 5.73 Å². The van der Waals surface area contributed by atoms with Gasteiger partial charge in [-0.2, -0.15) is 0 Å². The zero-order valence-electron chi connectivity index (χ0n) is 10.7. The molecule has 0 spiro atoms. The molecule has 0 saturated carbocycles. The third kappa shape index (κ3) is 3.70. The molecule has 0 amide bonds. The van der Waals surface area contributed by atoms with Crippen molar-refractivity contribution >= 4 is 31.6 Å². The summed E-state index contributed by atoms with van der Waals surface area (Å²) in [5, 5.41) is 0. The van der Waals surface area contributed by atoms with Crippen LogP contribution in [0.25, 0.3) is 0 Å². The van der Waals surface area contributed by atoms with Crippen LogP contribution >= 0.6 is 15.9 Å². The Morgan fingerprint density at radius 3 is 2.56 bits per heavy atom. The molecule has 0 fully saturated rings. The van der Waals surface area contributed by atoms with Crippen LogP contribution in [0.1, 0.15) is 26.2 Å². The molecule has 0 aromatic heterocycles. The highest BCUT2D eigenvalue weighted by molar-refractivity contribution is 9.10. The summed E-state index contributed by atoms with van der Waals surface area (Å²) in [5.74, 6) is 0. The van der Waals surface area contributed by atoms with Crippen LogP contribution in [0.4, 0.5) is 5.69 Å². The zero-order valence-corrected chi connectivity index (χ0v) is 13.1. The average molecular weight is 335 g/mol. The first-order chi connectivity index (χ1) is 8.39. The molecule has 0 atom stereocenters. The van der Waals surface area contributed by atoms with E-state index in [0.29, 0.717) is 16.7 Å². The van der Waals surface area contributed by atoms with Gasteiger partial charge in [0, 0.05) is 23.8 Å². The predicted molar refractivity (Wildman–Crippen MR) is 77.9 cm³/mol. The lowest BCUT2D eigenvalue weighted by Gasteiger charge is -2.18. The fourth-order valence-corrected chi connectivity index (χ4v) is 3.86. The number of hydrogen-bond donors (Lipinski definition) is 1. The average Bonchev–Trinajstić information content (AvgIpc) is 2.28. The van der Waals surface area contributed by atoms with Crippen LogP contribution in [0.3, 0.4) is 0 Å². The van der Waals surface area contributed by atoms with Gasteiger partial charge in [0.1, 0.15) is 0 Å². The first kappa shape index (κ1) is 15.5. The number of anilines is 1. The highest BCUT2D eigenvalue weighted by Crippen LogP contribution is 2.26. The highest BCUT2D eigenvalue weighted by atomic mass is 79.9. The molecule has 0 heterocycles. The summed E-state index contributed by atoms with van der Waals surface area (Å²) in [6.45, 7) is 2.62. The highest BCUT2D eigenvalue weighted by Gasteiger charge is 2.22. The van der Waals surface area contributed by atoms with Crippen LogP contribution in [0, 0.1) is 0 Å². The predicted octanol–water partition coefficient (Wildman–Crippen LogP) is 2.84. The first-order valence-electron chi connectivity index (χ1n) is 5.91. The number of halogens is 1. The molecular weight excluding hydrogens is 316 g/mol. The molecule has 0 aliphatic heterocycles. The topological polar surface area (TPSA) is 63.4 Å². The number of nitrogens with zero attached hydrogens (tertiary/aromatic N) is 1. The second kappa shape index (κ2) is 6.54. The molecule has 0 aliphatic rings. The van der Waals surface area contributed by atoms with E-state index in [1.807, 2.05) is 0 Å². The number of nitrogen functional groups attached to an aromatic ring is 1. The van der Waals surface area contributed by atoms with Crippen molar-refractivity contribution in [1.29, 1.82) is 0 Å². The van der Waals surface area contributed by atoms with Crippen LogP contribution in [0.2, 0.25) is 0 Å². The third-order valence-electron chi connectivity index (χ3n) is 2.72. The van der Waals surface area contributed by atoms with E-state index >= 15 is 0 Å². The first-order valence-corrected chi connectivity index (χ1v) is 8.14. The largest absolute Gasteiger partial charge is 0.399 e. The van der Waals surface area contributed by atoms with Crippen molar-refractivity contribution in [1.82, 2.24) is 4.31 Å². The van der Waals surface area contributed by atoms with Gasteiger partial charge in [-0.1, -0.05) is 19.8 Å². The molecule has 6 heteroatoms. The minimum atomic E-state index is -3.44. The Morgan fingerprint density at radius 1 is 1.33 bits per heavy atom. The zero-order chi connectivity index (χ0) is 13.8. The molecule has 1 aromatic rings. The van der Waals surface area contributed by atoms with Gasteiger partial charge in [0.2, 0.25) is 10.0 Å². The van der Waals surface area contributed by atoms with E-state index in [0.717, 1.165) is 19.3 Å². The summed E-state index contributed by atoms with van der Waals surface area (Å²) >= 11 is 3.25. The standard InChI is InChI=1S/C12H19BrN2O2S/c1-3-4-5-8-15(2)18(16,17)12-7-6-10(14)9-11(12)13/h6-7,9H,3-5,8,14H2,1-2H3. The van der Waals surface area contributed by atoms with Gasteiger partial charge in [0.25, 0.3) is 0 Å². The lowest BCUT2D eigenvalue weighted by atomic mass is 10.2. The Morgan fingerprint density at radius 2 is 2.00 bits per heavy atom. The lowest BCUT2D eigenvalue weighted by Crippen LogP contribution is -2.28. The lowest BCUT2D eigenvalue weighted by molar-refractivity contribution is 0.454. The number of rotatable bonds is 6. The van der Waals surface area contributed by atoms with E-state index in [1.54, 1.807) is 19.2 Å². The van der Waals surface area contributed by atoms with Crippen molar-refractivity contribution in [2.75, 3.05) is 19.3 Å². The number of sulfonamides is 1. The fourth-order valence-electron chi connectivity index (χ4n) is 1.60. The van der Waals surface area contributed by atoms with Gasteiger partial charge in [-0.3, -0.25) is 0 Å². The van der Waals surface area contributed by atoms with E-state index in [1.165, 1.54) is 10.4 Å². The molecule has 0 unspecified atom stereocenters. The summed E-state index contributed by atoms with van der Waals surface area (Å²) in [6, 6.07) is 4.73. The summed E-state index contributed by atoms with van der Waals surface area (Å²) in [4.78, 5) is 0.260. The minimum absolute atomic E-state index is 0.260. The number of unbranched alkanes of at least 4 members (excludes halogenated alkanes) is 2. The second-order valence-corrected chi connectivity index (χ2v) is 7.09. The molecule has 4 nitrogen and oxygen atoms in total. The summed E-state index contributed by atoms with van der Waals surface area (Å²) in [5.41, 5.74) is 6.14. The Hall–Kier alpha value is -0.590. The number of benzene rings is 1. The number of nitrogens with two attached hydrogens (primary N) is 1. The van der Waals surface area contributed by atoms with Crippen molar-refractivity contribution in [3.63, 3.8) is 0 Å². The molecule has 0 saturated heterocycles. The molecule has 18 heavy (non-hydrogen) atoms. The molecule has 2 N–H and O–H groups in total. The maximum absolute atomic E-state index is 12.3. The summed E-state index contributed by atoms with van der Waals surface area (Å²) < 4.78 is 26.5. The SMILES string of the molecule is CCCCCN(C)S(=O)(=O)c1ccc(N)cc1Br. The van der Waals surface area contributed by atoms with Crippen molar-refractivity contribution < 1.29 is 8.42 Å². The van der Waals surface area contributed by atoms with Crippen molar-refractivity contribution in [2.45, 2.75) is 31.1 Å². The molecular formula is C12H19BrN2O2S. The molecule has 1 rings (SSSR count). The Kier molecular flexibility index (Phi) is 5.62. The molecule has 102 valence electrons. The van der Waals surface area contributed by atoms with E-state index in [-0.39, 0.29) is 4.90 Å². The third-order valence-corrected chi connectivity index (χ3v) is 5.55. The quantitative estimate of drug-likeness (QED) is 0.642. The number of hydrogen-bond acceptors (Lipinski definition) is 3. The van der Waals surface area contributed by atoms with Crippen LogP contribution in [0.5, 0.6) is 0 Å². The molecule has 1 aromatic carbocycles. The van der Waals surface area contributed by atoms with E-state index in [4.69, 9.17) is 5.73 Å². The smallest absolute Gasteiger partial charge is 0.243 e. The second-order valence-electron chi connectivity index (χ2n) is 4.22. The Balaban J connectivity index is 2.91. The van der Waals surface area contributed by atoms with Gasteiger partial charge in [-0.15, -0.1) is 0 Å². The van der Waals surface area contributed by atoms with E-state index < -0.39 is 10.0 Å². The van der Waals surface area contributed by atoms with Crippen LogP contribution in [-0.4, -0.2) is 26.3 Å². The fraction of sp³-hybridized carbons (Fsp3) is 0.500. The molecule has 0 aliphatic carbocycles. The van der Waals surface area contributed by atoms with Gasteiger partial charge in [-0.05, 0) is 40.5 Å². The van der Waals surface area contributed by atoms with Crippen molar-refractivity contribution in [3.8, 4) is 0 Å². The maximum Gasteiger partial charge on any atom is 0.243 e. The van der Waals surface area contributed by atoms with Crippen molar-refractivity contribution in [2.24, 2.45) is 0 Å². The van der Waals surface area contributed by atoms with Crippen LogP contribution < -0.4 is 5.73 Å². The van der Waals surface area contributed by atoms with Gasteiger partial charge >= 0.3 is 0 Å². The molecule has 0 radical (unpaired) electrons. The van der Waals surface area contributed by atoms with E-state index in [9.17, 15) is 8.42 Å². The van der Waals surface area contributed by atoms with Gasteiger partial charge in [-0.25, -0.2) is 12.7 Å². The van der Waals surface area contributed by atoms with Crippen molar-refractivity contribution in [3.05, 3.63) is 22.7 Å². The molecule has 0 bridgehead atoms. The van der Waals surface area contributed by atoms with E-state index in [2.05, 4.69) is 22.9 Å². The normalized spacial score (nSPS) is 12.0. The van der Waals surface area contributed by atoms with Crippen LogP contribution in [-0.2, 0) is 10.0 Å². The maximum atomic E-state index is 12.3. The summed E-state index contributed by atoms with van der Waals surface area (Å²) in [6.07, 6.45) is 2.97. The van der Waals surface area contributed by atoms with Gasteiger partial charge in [0.15, 0.2) is 0 Å². The monoisotopic (exact) mass is 334 g/mol.